The minimum absolute atomic E-state index is 0. The van der Waals surface area contributed by atoms with Crippen LogP contribution < -0.4 is 39.4 Å². The maximum absolute atomic E-state index is 13.5. The predicted molar refractivity (Wildman–Crippen MR) is 120 cm³/mol. The molecule has 5 rings (SSSR count). The van der Waals surface area contributed by atoms with Crippen molar-refractivity contribution in [2.75, 3.05) is 0 Å². The van der Waals surface area contributed by atoms with Crippen LogP contribution in [-0.2, 0) is 9.59 Å². The molecule has 1 aliphatic rings. The summed E-state index contributed by atoms with van der Waals surface area (Å²) in [7, 11) is 0. The smallest absolute Gasteiger partial charge is 0.550 e. The van der Waals surface area contributed by atoms with Crippen molar-refractivity contribution in [1.29, 1.82) is 0 Å². The summed E-state index contributed by atoms with van der Waals surface area (Å²) < 4.78 is 5.91. The largest absolute Gasteiger partial charge is 1.00 e. The molecule has 0 N–H and O–H groups in total. The second-order valence-electron chi connectivity index (χ2n) is 8.14. The molecule has 0 amide bonds. The maximum atomic E-state index is 13.5. The Bertz CT molecular complexity index is 1220. The maximum Gasteiger partial charge on any atom is 1.00 e. The molecular formula is C28H21NaO4. The van der Waals surface area contributed by atoms with Crippen LogP contribution in [0.3, 0.4) is 0 Å². The second kappa shape index (κ2) is 9.92. The van der Waals surface area contributed by atoms with Gasteiger partial charge in [0.1, 0.15) is 5.75 Å². The number of esters is 1. The quantitative estimate of drug-likeness (QED) is 0.265. The van der Waals surface area contributed by atoms with Gasteiger partial charge in [0.2, 0.25) is 0 Å². The van der Waals surface area contributed by atoms with E-state index in [-0.39, 0.29) is 29.6 Å². The third-order valence-corrected chi connectivity index (χ3v) is 6.42. The molecule has 1 fully saturated rings. The summed E-state index contributed by atoms with van der Waals surface area (Å²) in [5.41, 5.74) is 1.60. The molecule has 2 atom stereocenters. The van der Waals surface area contributed by atoms with Crippen LogP contribution in [0.2, 0.25) is 0 Å². The molecular weight excluding hydrogens is 423 g/mol. The Kier molecular flexibility index (Phi) is 6.99. The summed E-state index contributed by atoms with van der Waals surface area (Å²) in [5.74, 6) is -3.60. The van der Waals surface area contributed by atoms with Crippen molar-refractivity contribution in [2.45, 2.75) is 11.8 Å². The number of rotatable bonds is 5. The summed E-state index contributed by atoms with van der Waals surface area (Å²) in [6.45, 7) is 0. The van der Waals surface area contributed by atoms with Gasteiger partial charge >= 0.3 is 35.5 Å². The third kappa shape index (κ3) is 4.34. The van der Waals surface area contributed by atoms with E-state index in [0.29, 0.717) is 5.75 Å². The van der Waals surface area contributed by atoms with Crippen molar-refractivity contribution in [3.63, 3.8) is 0 Å². The fourth-order valence-electron chi connectivity index (χ4n) is 4.98. The van der Waals surface area contributed by atoms with Gasteiger partial charge in [0.15, 0.2) is 0 Å². The van der Waals surface area contributed by atoms with E-state index >= 15 is 0 Å². The van der Waals surface area contributed by atoms with Gasteiger partial charge in [-0.05, 0) is 22.6 Å². The first-order valence-electron chi connectivity index (χ1n) is 10.7. The molecule has 0 radical (unpaired) electrons. The van der Waals surface area contributed by atoms with Gasteiger partial charge in [-0.25, -0.2) is 0 Å². The fraction of sp³-hybridized carbons (Fsp3) is 0.143. The number of carbonyl (C=O) groups excluding carboxylic acids is 2. The Morgan fingerprint density at radius 3 is 1.73 bits per heavy atom. The second-order valence-corrected chi connectivity index (χ2v) is 8.14. The van der Waals surface area contributed by atoms with E-state index in [1.165, 1.54) is 0 Å². The first-order valence-corrected chi connectivity index (χ1v) is 10.7. The topological polar surface area (TPSA) is 66.4 Å². The van der Waals surface area contributed by atoms with Crippen LogP contribution in [0.4, 0.5) is 0 Å². The summed E-state index contributed by atoms with van der Waals surface area (Å²) in [6, 6.07) is 31.9. The fourth-order valence-corrected chi connectivity index (χ4v) is 4.98. The molecule has 1 aliphatic carbocycles. The number of carboxylic acids is 1. The van der Waals surface area contributed by atoms with Crippen molar-refractivity contribution >= 4 is 22.7 Å². The number of ether oxygens (including phenoxy) is 1. The normalized spacial score (nSPS) is 21.5. The van der Waals surface area contributed by atoms with Crippen LogP contribution in [0.25, 0.3) is 10.8 Å². The Balaban J connectivity index is 0.00000259. The summed E-state index contributed by atoms with van der Waals surface area (Å²) >= 11 is 0. The number of carboxylic acid groups (broad SMARTS) is 1. The van der Waals surface area contributed by atoms with Gasteiger partial charge in [0, 0.05) is 29.1 Å². The zero-order valence-corrected chi connectivity index (χ0v) is 20.3. The van der Waals surface area contributed by atoms with Gasteiger partial charge in [-0.2, -0.15) is 0 Å². The first-order chi connectivity index (χ1) is 15.6. The Hall–Kier alpha value is -2.92. The average Bonchev–Trinajstić information content (AvgIpc) is 2.80. The molecule has 4 nitrogen and oxygen atoms in total. The van der Waals surface area contributed by atoms with E-state index in [9.17, 15) is 14.7 Å². The van der Waals surface area contributed by atoms with Crippen LogP contribution in [0.1, 0.15) is 23.0 Å². The van der Waals surface area contributed by atoms with Crippen molar-refractivity contribution in [1.82, 2.24) is 0 Å². The zero-order valence-electron chi connectivity index (χ0n) is 18.3. The zero-order chi connectivity index (χ0) is 22.1. The van der Waals surface area contributed by atoms with Crippen LogP contribution in [0.15, 0.2) is 103 Å². The van der Waals surface area contributed by atoms with Crippen LogP contribution in [0.5, 0.6) is 5.75 Å². The molecule has 0 saturated heterocycles. The Morgan fingerprint density at radius 1 is 0.636 bits per heavy atom. The van der Waals surface area contributed by atoms with E-state index in [1.807, 2.05) is 97.1 Å². The predicted octanol–water partition coefficient (Wildman–Crippen LogP) is 1.31. The van der Waals surface area contributed by atoms with Crippen LogP contribution >= 0.6 is 0 Å². The van der Waals surface area contributed by atoms with Crippen LogP contribution in [0, 0.1) is 11.8 Å². The van der Waals surface area contributed by atoms with Crippen molar-refractivity contribution in [3.8, 4) is 5.75 Å². The molecule has 2 unspecified atom stereocenters. The first kappa shape index (κ1) is 23.2. The Morgan fingerprint density at radius 2 is 1.15 bits per heavy atom. The summed E-state index contributed by atoms with van der Waals surface area (Å²) in [5, 5.41) is 14.0. The van der Waals surface area contributed by atoms with Gasteiger partial charge in [-0.3, -0.25) is 4.79 Å². The number of aliphatic carboxylic acids is 1. The SMILES string of the molecule is O=C([O-])C1C(c2ccccc2)C(C(=O)Oc2cccc3ccccc23)C1c1ccccc1.[Na+]. The number of fused-ring (bicyclic) bond motifs is 1. The van der Waals surface area contributed by atoms with Crippen molar-refractivity contribution in [2.24, 2.45) is 11.8 Å². The average molecular weight is 444 g/mol. The van der Waals surface area contributed by atoms with E-state index in [4.69, 9.17) is 4.74 Å². The van der Waals surface area contributed by atoms with Gasteiger partial charge in [0.25, 0.3) is 0 Å². The Labute approximate surface area is 214 Å². The van der Waals surface area contributed by atoms with E-state index in [1.54, 1.807) is 6.07 Å². The molecule has 0 heterocycles. The van der Waals surface area contributed by atoms with E-state index in [0.717, 1.165) is 21.9 Å². The molecule has 158 valence electrons. The van der Waals surface area contributed by atoms with Crippen molar-refractivity contribution < 1.29 is 49.0 Å². The number of hydrogen-bond donors (Lipinski definition) is 0. The standard InChI is InChI=1S/C28H22O4.Na/c29-27(30)25-23(19-11-3-1-4-12-19)26(24(25)20-13-5-2-6-14-20)28(31)32-22-17-9-15-18-10-7-8-16-21(18)22;/h1-17,23-26H,(H,29,30);/q;+1/p-1. The molecule has 5 heteroatoms. The molecule has 0 bridgehead atoms. The van der Waals surface area contributed by atoms with Gasteiger partial charge in [0.05, 0.1) is 5.92 Å². The van der Waals surface area contributed by atoms with E-state index in [2.05, 4.69) is 0 Å². The van der Waals surface area contributed by atoms with Gasteiger partial charge < -0.3 is 14.6 Å². The monoisotopic (exact) mass is 444 g/mol. The molecule has 0 spiro atoms. The summed E-state index contributed by atoms with van der Waals surface area (Å²) in [4.78, 5) is 25.7. The van der Waals surface area contributed by atoms with Gasteiger partial charge in [-0.1, -0.05) is 97.1 Å². The van der Waals surface area contributed by atoms with Gasteiger partial charge in [-0.15, -0.1) is 0 Å². The van der Waals surface area contributed by atoms with Crippen LogP contribution in [-0.4, -0.2) is 11.9 Å². The molecule has 0 aromatic heterocycles. The summed E-state index contributed by atoms with van der Waals surface area (Å²) in [6.07, 6.45) is 0. The number of benzene rings is 4. The molecule has 0 aliphatic heterocycles. The minimum atomic E-state index is -1.15. The minimum Gasteiger partial charge on any atom is -0.550 e. The van der Waals surface area contributed by atoms with E-state index < -0.39 is 35.6 Å². The molecule has 33 heavy (non-hydrogen) atoms. The third-order valence-electron chi connectivity index (χ3n) is 6.42. The van der Waals surface area contributed by atoms with Crippen molar-refractivity contribution in [3.05, 3.63) is 114 Å². The molecule has 4 aromatic rings. The number of hydrogen-bond acceptors (Lipinski definition) is 4. The number of carbonyl (C=O) groups is 2. The molecule has 1 saturated carbocycles. The molecule has 4 aromatic carbocycles.